The first-order valence-electron chi connectivity index (χ1n) is 10.9. The van der Waals surface area contributed by atoms with Crippen molar-refractivity contribution in [1.29, 1.82) is 0 Å². The summed E-state index contributed by atoms with van der Waals surface area (Å²) in [6, 6.07) is 18.4. The summed E-state index contributed by atoms with van der Waals surface area (Å²) in [5.74, 6) is 1.60. The lowest BCUT2D eigenvalue weighted by Crippen LogP contribution is -2.04. The third-order valence-electron chi connectivity index (χ3n) is 6.46. The Labute approximate surface area is 165 Å². The van der Waals surface area contributed by atoms with E-state index in [-0.39, 0.29) is 0 Å². The fourth-order valence-electron chi connectivity index (χ4n) is 4.79. The Bertz CT molecular complexity index is 749. The second kappa shape index (κ2) is 9.22. The third kappa shape index (κ3) is 5.01. The molecule has 0 bridgehead atoms. The monoisotopic (exact) mass is 356 g/mol. The summed E-state index contributed by atoms with van der Waals surface area (Å²) in [5, 5.41) is 0. The van der Waals surface area contributed by atoms with Crippen molar-refractivity contribution in [3.8, 4) is 0 Å². The Kier molecular flexibility index (Phi) is 6.25. The zero-order valence-electron chi connectivity index (χ0n) is 16.4. The van der Waals surface area contributed by atoms with Crippen LogP contribution in [0.4, 0.5) is 0 Å². The number of hydrogen-bond donors (Lipinski definition) is 0. The molecule has 2 aliphatic carbocycles. The fourth-order valence-corrected chi connectivity index (χ4v) is 4.79. The molecule has 0 atom stereocenters. The second-order valence-corrected chi connectivity index (χ2v) is 8.37. The molecule has 0 radical (unpaired) electrons. The van der Waals surface area contributed by atoms with Crippen molar-refractivity contribution >= 4 is 12.2 Å². The van der Waals surface area contributed by atoms with Gasteiger partial charge in [0.15, 0.2) is 0 Å². The molecule has 0 N–H and O–H groups in total. The van der Waals surface area contributed by atoms with Crippen molar-refractivity contribution in [2.24, 2.45) is 0 Å². The van der Waals surface area contributed by atoms with Gasteiger partial charge in [-0.25, -0.2) is 0 Å². The standard InChI is InChI=1S/C27H32/c1-2-10-24(11-3-1)26-18-14-22(15-19-26)8-4-5-9-23-16-20-27(21-17-23)25-12-6-7-13-25/h4-5,8-9,14-21,24-25H,1-3,6-7,10-13H2. The van der Waals surface area contributed by atoms with Gasteiger partial charge in [-0.05, 0) is 59.8 Å². The van der Waals surface area contributed by atoms with Crippen LogP contribution in [0.25, 0.3) is 12.2 Å². The topological polar surface area (TPSA) is 0 Å². The summed E-state index contributed by atoms with van der Waals surface area (Å²) in [4.78, 5) is 0. The lowest BCUT2D eigenvalue weighted by atomic mass is 9.84. The second-order valence-electron chi connectivity index (χ2n) is 8.37. The predicted molar refractivity (Wildman–Crippen MR) is 118 cm³/mol. The van der Waals surface area contributed by atoms with Crippen molar-refractivity contribution in [3.05, 3.63) is 82.9 Å². The molecule has 0 heteroatoms. The molecular formula is C27H32. The Morgan fingerprint density at radius 2 is 0.852 bits per heavy atom. The van der Waals surface area contributed by atoms with E-state index >= 15 is 0 Å². The maximum absolute atomic E-state index is 2.33. The van der Waals surface area contributed by atoms with Gasteiger partial charge in [0.2, 0.25) is 0 Å². The van der Waals surface area contributed by atoms with Crippen molar-refractivity contribution in [2.45, 2.75) is 69.6 Å². The van der Waals surface area contributed by atoms with Crippen LogP contribution in [0.15, 0.2) is 60.7 Å². The first-order chi connectivity index (χ1) is 13.4. The molecule has 4 rings (SSSR count). The van der Waals surface area contributed by atoms with Crippen LogP contribution >= 0.6 is 0 Å². The molecule has 0 saturated heterocycles. The maximum Gasteiger partial charge on any atom is -0.0162 e. The van der Waals surface area contributed by atoms with Gasteiger partial charge < -0.3 is 0 Å². The molecule has 0 nitrogen and oxygen atoms in total. The van der Waals surface area contributed by atoms with Gasteiger partial charge in [-0.3, -0.25) is 0 Å². The van der Waals surface area contributed by atoms with Crippen LogP contribution in [0.3, 0.4) is 0 Å². The molecule has 0 spiro atoms. The average molecular weight is 357 g/mol. The average Bonchev–Trinajstić information content (AvgIpc) is 3.28. The smallest absolute Gasteiger partial charge is 0.0162 e. The number of benzene rings is 2. The lowest BCUT2D eigenvalue weighted by molar-refractivity contribution is 0.443. The summed E-state index contributed by atoms with van der Waals surface area (Å²) in [7, 11) is 0. The predicted octanol–water partition coefficient (Wildman–Crippen LogP) is 8.12. The van der Waals surface area contributed by atoms with Gasteiger partial charge in [-0.15, -0.1) is 0 Å². The first kappa shape index (κ1) is 18.3. The minimum Gasteiger partial charge on any atom is -0.0617 e. The zero-order valence-corrected chi connectivity index (χ0v) is 16.4. The van der Waals surface area contributed by atoms with E-state index < -0.39 is 0 Å². The molecule has 2 aromatic rings. The maximum atomic E-state index is 2.33. The molecule has 0 amide bonds. The highest BCUT2D eigenvalue weighted by atomic mass is 14.2. The summed E-state index contributed by atoms with van der Waals surface area (Å²) in [6.07, 6.45) is 21.2. The van der Waals surface area contributed by atoms with Gasteiger partial charge >= 0.3 is 0 Å². The molecule has 27 heavy (non-hydrogen) atoms. The number of hydrogen-bond acceptors (Lipinski definition) is 0. The molecule has 0 aromatic heterocycles. The highest BCUT2D eigenvalue weighted by Crippen LogP contribution is 2.34. The van der Waals surface area contributed by atoms with E-state index in [1.165, 1.54) is 80.0 Å². The summed E-state index contributed by atoms with van der Waals surface area (Å²) in [6.45, 7) is 0. The Morgan fingerprint density at radius 1 is 0.481 bits per heavy atom. The van der Waals surface area contributed by atoms with E-state index in [0.717, 1.165) is 11.8 Å². The first-order valence-corrected chi connectivity index (χ1v) is 10.9. The van der Waals surface area contributed by atoms with Gasteiger partial charge in [-0.2, -0.15) is 0 Å². The van der Waals surface area contributed by atoms with Crippen molar-refractivity contribution < 1.29 is 0 Å². The fraction of sp³-hybridized carbons (Fsp3) is 0.407. The largest absolute Gasteiger partial charge is 0.0617 e. The highest BCUT2D eigenvalue weighted by Gasteiger charge is 2.16. The molecule has 0 unspecified atom stereocenters. The molecule has 0 aliphatic heterocycles. The van der Waals surface area contributed by atoms with E-state index in [9.17, 15) is 0 Å². The molecule has 140 valence electrons. The molecule has 2 saturated carbocycles. The van der Waals surface area contributed by atoms with Gasteiger partial charge in [0, 0.05) is 0 Å². The molecule has 2 fully saturated rings. The van der Waals surface area contributed by atoms with E-state index in [1.807, 2.05) is 0 Å². The minimum atomic E-state index is 0.795. The van der Waals surface area contributed by atoms with E-state index in [0.29, 0.717) is 0 Å². The van der Waals surface area contributed by atoms with E-state index in [1.54, 1.807) is 0 Å². The minimum absolute atomic E-state index is 0.795. The normalized spacial score (nSPS) is 19.4. The third-order valence-corrected chi connectivity index (χ3v) is 6.46. The van der Waals surface area contributed by atoms with E-state index in [2.05, 4.69) is 72.8 Å². The van der Waals surface area contributed by atoms with Crippen LogP contribution in [0.5, 0.6) is 0 Å². The quantitative estimate of drug-likeness (QED) is 0.474. The molecular weight excluding hydrogens is 324 g/mol. The van der Waals surface area contributed by atoms with Gasteiger partial charge in [-0.1, -0.05) is 105 Å². The number of rotatable bonds is 5. The van der Waals surface area contributed by atoms with Crippen molar-refractivity contribution in [2.75, 3.05) is 0 Å². The SMILES string of the molecule is C(C=Cc1ccc(C2CCCC2)cc1)=Cc1ccc(C2CCCCC2)cc1. The van der Waals surface area contributed by atoms with Crippen molar-refractivity contribution in [3.63, 3.8) is 0 Å². The Morgan fingerprint density at radius 3 is 1.26 bits per heavy atom. The zero-order chi connectivity index (χ0) is 18.3. The summed E-state index contributed by atoms with van der Waals surface area (Å²) in [5.41, 5.74) is 5.63. The molecule has 2 aromatic carbocycles. The Balaban J connectivity index is 1.31. The molecule has 0 heterocycles. The lowest BCUT2D eigenvalue weighted by Gasteiger charge is -2.21. The van der Waals surface area contributed by atoms with Crippen LogP contribution < -0.4 is 0 Å². The van der Waals surface area contributed by atoms with Crippen LogP contribution in [-0.4, -0.2) is 0 Å². The van der Waals surface area contributed by atoms with Crippen LogP contribution in [0.1, 0.15) is 91.9 Å². The Hall–Kier alpha value is -2.08. The van der Waals surface area contributed by atoms with Crippen LogP contribution in [0, 0.1) is 0 Å². The van der Waals surface area contributed by atoms with Crippen molar-refractivity contribution in [1.82, 2.24) is 0 Å². The van der Waals surface area contributed by atoms with Crippen LogP contribution in [-0.2, 0) is 0 Å². The van der Waals surface area contributed by atoms with Crippen LogP contribution in [0.2, 0.25) is 0 Å². The summed E-state index contributed by atoms with van der Waals surface area (Å²) < 4.78 is 0. The van der Waals surface area contributed by atoms with E-state index in [4.69, 9.17) is 0 Å². The molecule has 2 aliphatic rings. The summed E-state index contributed by atoms with van der Waals surface area (Å²) >= 11 is 0. The van der Waals surface area contributed by atoms with Gasteiger partial charge in [0.05, 0.1) is 0 Å². The van der Waals surface area contributed by atoms with Gasteiger partial charge in [0.25, 0.3) is 0 Å². The highest BCUT2D eigenvalue weighted by molar-refractivity contribution is 5.57. The van der Waals surface area contributed by atoms with Gasteiger partial charge in [0.1, 0.15) is 0 Å². The number of allylic oxidation sites excluding steroid dienone is 2.